The number of aliphatic hydroxyl groups is 1. The van der Waals surface area contributed by atoms with Crippen molar-refractivity contribution in [3.8, 4) is 0 Å². The van der Waals surface area contributed by atoms with Gasteiger partial charge in [0.15, 0.2) is 0 Å². The van der Waals surface area contributed by atoms with E-state index in [-0.39, 0.29) is 12.2 Å². The van der Waals surface area contributed by atoms with E-state index in [2.05, 4.69) is 15.9 Å². The predicted octanol–water partition coefficient (Wildman–Crippen LogP) is 3.04. The molecular weight excluding hydrogens is 299 g/mol. The number of aliphatic hydroxyl groups excluding tert-OH is 1. The van der Waals surface area contributed by atoms with Gasteiger partial charge in [-0.15, -0.1) is 0 Å². The van der Waals surface area contributed by atoms with Crippen LogP contribution in [0.3, 0.4) is 0 Å². The molecule has 94 valence electrons. The summed E-state index contributed by atoms with van der Waals surface area (Å²) in [5, 5.41) is 9.39. The smallest absolute Gasteiger partial charge is 0.391 e. The number of hydrogen-bond acceptors (Lipinski definition) is 2. The molecule has 0 aromatic heterocycles. The molecule has 0 aliphatic carbocycles. The molecule has 0 bridgehead atoms. The van der Waals surface area contributed by atoms with E-state index in [9.17, 15) is 18.3 Å². The summed E-state index contributed by atoms with van der Waals surface area (Å²) < 4.78 is 39.1. The Labute approximate surface area is 105 Å². The maximum atomic E-state index is 12.8. The summed E-state index contributed by atoms with van der Waals surface area (Å²) >= 11 is 3.17. The van der Waals surface area contributed by atoms with Gasteiger partial charge in [0, 0.05) is 17.6 Å². The van der Waals surface area contributed by atoms with Crippen LogP contribution >= 0.6 is 15.9 Å². The summed E-state index contributed by atoms with van der Waals surface area (Å²) in [5.74, 6) is 0. The molecule has 1 atom stereocenters. The third-order valence-electron chi connectivity index (χ3n) is 2.77. The molecule has 2 rings (SSSR count). The van der Waals surface area contributed by atoms with Crippen LogP contribution in [0.1, 0.15) is 12.0 Å². The minimum atomic E-state index is -4.37. The fraction of sp³-hybridized carbons (Fsp3) is 0.455. The van der Waals surface area contributed by atoms with Crippen molar-refractivity contribution in [1.82, 2.24) is 0 Å². The van der Waals surface area contributed by atoms with E-state index in [0.717, 1.165) is 6.07 Å². The number of nitrogens with zero attached hydrogens (tertiary/aromatic N) is 1. The third-order valence-corrected chi connectivity index (χ3v) is 3.26. The summed E-state index contributed by atoms with van der Waals surface area (Å²) in [5.41, 5.74) is -0.529. The zero-order valence-corrected chi connectivity index (χ0v) is 10.4. The maximum Gasteiger partial charge on any atom is 0.418 e. The first-order valence-corrected chi connectivity index (χ1v) is 5.97. The lowest BCUT2D eigenvalue weighted by molar-refractivity contribution is -0.137. The normalized spacial score (nSPS) is 21.0. The molecule has 1 saturated heterocycles. The number of halogens is 4. The van der Waals surface area contributed by atoms with Crippen LogP contribution in [0.15, 0.2) is 22.7 Å². The average molecular weight is 310 g/mol. The molecule has 6 heteroatoms. The highest BCUT2D eigenvalue weighted by Gasteiger charge is 2.36. The van der Waals surface area contributed by atoms with E-state index in [1.807, 2.05) is 0 Å². The van der Waals surface area contributed by atoms with Gasteiger partial charge in [0.1, 0.15) is 0 Å². The Morgan fingerprint density at radius 2 is 2.06 bits per heavy atom. The van der Waals surface area contributed by atoms with E-state index in [1.165, 1.54) is 12.1 Å². The molecule has 1 aromatic carbocycles. The first-order chi connectivity index (χ1) is 7.88. The molecule has 0 radical (unpaired) electrons. The summed E-state index contributed by atoms with van der Waals surface area (Å²) in [4.78, 5) is 1.57. The largest absolute Gasteiger partial charge is 0.418 e. The number of rotatable bonds is 1. The number of benzene rings is 1. The van der Waals surface area contributed by atoms with Crippen molar-refractivity contribution in [3.63, 3.8) is 0 Å². The Balaban J connectivity index is 2.40. The Morgan fingerprint density at radius 3 is 2.59 bits per heavy atom. The van der Waals surface area contributed by atoms with Gasteiger partial charge in [-0.05, 0) is 24.6 Å². The van der Waals surface area contributed by atoms with Gasteiger partial charge in [-0.2, -0.15) is 13.2 Å². The van der Waals surface area contributed by atoms with Gasteiger partial charge in [-0.25, -0.2) is 0 Å². The lowest BCUT2D eigenvalue weighted by Crippen LogP contribution is -2.24. The second-order valence-electron chi connectivity index (χ2n) is 4.05. The zero-order valence-electron chi connectivity index (χ0n) is 8.84. The molecule has 1 heterocycles. The molecule has 1 fully saturated rings. The molecule has 0 amide bonds. The van der Waals surface area contributed by atoms with Crippen LogP contribution in [0.25, 0.3) is 0 Å². The quantitative estimate of drug-likeness (QED) is 0.862. The van der Waals surface area contributed by atoms with E-state index in [1.54, 1.807) is 4.90 Å². The number of alkyl halides is 3. The van der Waals surface area contributed by atoms with Crippen LogP contribution in [-0.4, -0.2) is 24.3 Å². The monoisotopic (exact) mass is 309 g/mol. The van der Waals surface area contributed by atoms with Crippen molar-refractivity contribution in [2.75, 3.05) is 18.0 Å². The van der Waals surface area contributed by atoms with Crippen molar-refractivity contribution in [3.05, 3.63) is 28.2 Å². The van der Waals surface area contributed by atoms with Crippen LogP contribution < -0.4 is 4.90 Å². The number of hydrogen-bond donors (Lipinski definition) is 1. The van der Waals surface area contributed by atoms with Gasteiger partial charge >= 0.3 is 6.18 Å². The van der Waals surface area contributed by atoms with Crippen molar-refractivity contribution < 1.29 is 18.3 Å². The minimum absolute atomic E-state index is 0.128. The van der Waals surface area contributed by atoms with Crippen LogP contribution in [-0.2, 0) is 6.18 Å². The highest BCUT2D eigenvalue weighted by atomic mass is 79.9. The van der Waals surface area contributed by atoms with Crippen LogP contribution in [0.2, 0.25) is 0 Å². The van der Waals surface area contributed by atoms with E-state index < -0.39 is 17.8 Å². The molecule has 1 aliphatic heterocycles. The van der Waals surface area contributed by atoms with E-state index >= 15 is 0 Å². The van der Waals surface area contributed by atoms with Crippen molar-refractivity contribution in [2.24, 2.45) is 0 Å². The second kappa shape index (κ2) is 4.49. The molecule has 0 unspecified atom stereocenters. The lowest BCUT2D eigenvalue weighted by Gasteiger charge is -2.23. The van der Waals surface area contributed by atoms with Gasteiger partial charge < -0.3 is 10.0 Å². The Kier molecular flexibility index (Phi) is 3.36. The fourth-order valence-corrected chi connectivity index (χ4v) is 2.32. The summed E-state index contributed by atoms with van der Waals surface area (Å²) in [6.45, 7) is 0.695. The molecule has 2 nitrogen and oxygen atoms in total. The Hall–Kier alpha value is -0.750. The first-order valence-electron chi connectivity index (χ1n) is 5.17. The number of β-amino-alcohol motifs (C(OH)–C–C–N with tert-alkyl or cyclic N) is 1. The molecular formula is C11H11BrF3NO. The topological polar surface area (TPSA) is 23.5 Å². The predicted molar refractivity (Wildman–Crippen MR) is 62.0 cm³/mol. The first kappa shape index (κ1) is 12.7. The molecule has 1 aliphatic rings. The molecule has 1 N–H and O–H groups in total. The highest BCUT2D eigenvalue weighted by molar-refractivity contribution is 9.10. The Morgan fingerprint density at radius 1 is 1.35 bits per heavy atom. The summed E-state index contributed by atoms with van der Waals surface area (Å²) in [7, 11) is 0. The average Bonchev–Trinajstić information content (AvgIpc) is 2.62. The molecule has 17 heavy (non-hydrogen) atoms. The lowest BCUT2D eigenvalue weighted by atomic mass is 10.1. The zero-order chi connectivity index (χ0) is 12.6. The van der Waals surface area contributed by atoms with Crippen LogP contribution in [0.4, 0.5) is 18.9 Å². The fourth-order valence-electron chi connectivity index (χ4n) is 1.97. The van der Waals surface area contributed by atoms with E-state index in [4.69, 9.17) is 0 Å². The second-order valence-corrected chi connectivity index (χ2v) is 4.96. The van der Waals surface area contributed by atoms with Crippen molar-refractivity contribution >= 4 is 21.6 Å². The maximum absolute atomic E-state index is 12.8. The van der Waals surface area contributed by atoms with Gasteiger partial charge in [-0.3, -0.25) is 0 Å². The van der Waals surface area contributed by atoms with Gasteiger partial charge in [0.25, 0.3) is 0 Å². The standard InChI is InChI=1S/C11H11BrF3NO/c12-7-1-2-9(11(13,14)15)10(5-7)16-4-3-8(17)6-16/h1-2,5,8,17H,3-4,6H2/t8-/m0/s1. The SMILES string of the molecule is O[C@H]1CCN(c2cc(Br)ccc2C(F)(F)F)C1. The van der Waals surface area contributed by atoms with Crippen LogP contribution in [0, 0.1) is 0 Å². The van der Waals surface area contributed by atoms with Gasteiger partial charge in [-0.1, -0.05) is 15.9 Å². The van der Waals surface area contributed by atoms with Gasteiger partial charge in [0.05, 0.1) is 17.4 Å². The van der Waals surface area contributed by atoms with Crippen molar-refractivity contribution in [2.45, 2.75) is 18.7 Å². The molecule has 1 aromatic rings. The molecule has 0 saturated carbocycles. The van der Waals surface area contributed by atoms with Crippen molar-refractivity contribution in [1.29, 1.82) is 0 Å². The highest BCUT2D eigenvalue weighted by Crippen LogP contribution is 2.39. The Bertz CT molecular complexity index is 422. The summed E-state index contributed by atoms with van der Waals surface area (Å²) in [6.07, 6.45) is -4.41. The van der Waals surface area contributed by atoms with Gasteiger partial charge in [0.2, 0.25) is 0 Å². The third kappa shape index (κ3) is 2.74. The van der Waals surface area contributed by atoms with E-state index in [0.29, 0.717) is 17.4 Å². The van der Waals surface area contributed by atoms with Crippen LogP contribution in [0.5, 0.6) is 0 Å². The minimum Gasteiger partial charge on any atom is -0.391 e. The molecule has 0 spiro atoms. The number of anilines is 1. The summed E-state index contributed by atoms with van der Waals surface area (Å²) in [6, 6.07) is 3.88.